The van der Waals surface area contributed by atoms with Crippen LogP contribution in [0.4, 0.5) is 11.4 Å². The summed E-state index contributed by atoms with van der Waals surface area (Å²) in [7, 11) is 1.55. The Bertz CT molecular complexity index is 577. The van der Waals surface area contributed by atoms with Crippen LogP contribution in [0.1, 0.15) is 16.1 Å². The molecule has 0 unspecified atom stereocenters. The Balaban J connectivity index is 2.24. The predicted molar refractivity (Wildman–Crippen MR) is 68.7 cm³/mol. The maximum absolute atomic E-state index is 12.0. The SMILES string of the molecule is COc1ccc(N)c(NC(=O)c2cn[nH]c2C)c1. The molecule has 2 aromatic rings. The molecule has 0 fully saturated rings. The second-order valence-corrected chi connectivity index (χ2v) is 3.82. The van der Waals surface area contributed by atoms with Crippen molar-refractivity contribution in [1.82, 2.24) is 10.2 Å². The number of hydrogen-bond donors (Lipinski definition) is 3. The summed E-state index contributed by atoms with van der Waals surface area (Å²) in [5.74, 6) is 0.365. The lowest BCUT2D eigenvalue weighted by Gasteiger charge is -2.09. The van der Waals surface area contributed by atoms with Gasteiger partial charge in [-0.3, -0.25) is 9.89 Å². The average molecular weight is 246 g/mol. The van der Waals surface area contributed by atoms with Gasteiger partial charge in [0, 0.05) is 11.8 Å². The molecule has 0 saturated heterocycles. The highest BCUT2D eigenvalue weighted by Crippen LogP contribution is 2.24. The van der Waals surface area contributed by atoms with E-state index in [9.17, 15) is 4.79 Å². The number of rotatable bonds is 3. The van der Waals surface area contributed by atoms with Crippen molar-refractivity contribution in [2.75, 3.05) is 18.2 Å². The first kappa shape index (κ1) is 12.0. The number of carbonyl (C=O) groups is 1. The van der Waals surface area contributed by atoms with Gasteiger partial charge in [-0.2, -0.15) is 5.10 Å². The third-order valence-electron chi connectivity index (χ3n) is 2.58. The number of aryl methyl sites for hydroxylation is 1. The first-order valence-electron chi connectivity index (χ1n) is 5.36. The quantitative estimate of drug-likeness (QED) is 0.716. The van der Waals surface area contributed by atoms with Crippen LogP contribution in [0.25, 0.3) is 0 Å². The molecule has 0 saturated carbocycles. The van der Waals surface area contributed by atoms with E-state index in [1.54, 1.807) is 32.2 Å². The summed E-state index contributed by atoms with van der Waals surface area (Å²) in [5, 5.41) is 9.23. The molecular formula is C12H14N4O2. The van der Waals surface area contributed by atoms with Crippen molar-refractivity contribution < 1.29 is 9.53 Å². The van der Waals surface area contributed by atoms with Crippen LogP contribution in [-0.2, 0) is 0 Å². The molecule has 4 N–H and O–H groups in total. The molecule has 0 aliphatic rings. The van der Waals surface area contributed by atoms with Crippen LogP contribution < -0.4 is 15.8 Å². The van der Waals surface area contributed by atoms with Gasteiger partial charge in [-0.05, 0) is 19.1 Å². The average Bonchev–Trinajstić information content (AvgIpc) is 2.78. The van der Waals surface area contributed by atoms with E-state index >= 15 is 0 Å². The zero-order chi connectivity index (χ0) is 13.1. The van der Waals surface area contributed by atoms with Crippen LogP contribution in [0, 0.1) is 6.92 Å². The highest BCUT2D eigenvalue weighted by molar-refractivity contribution is 6.06. The lowest BCUT2D eigenvalue weighted by atomic mass is 10.2. The summed E-state index contributed by atoms with van der Waals surface area (Å²) in [6.45, 7) is 1.77. The number of anilines is 2. The van der Waals surface area contributed by atoms with Gasteiger partial charge in [-0.1, -0.05) is 0 Å². The molecule has 2 rings (SSSR count). The zero-order valence-corrected chi connectivity index (χ0v) is 10.2. The second kappa shape index (κ2) is 4.79. The fraction of sp³-hybridized carbons (Fsp3) is 0.167. The summed E-state index contributed by atoms with van der Waals surface area (Å²) in [4.78, 5) is 12.0. The zero-order valence-electron chi connectivity index (χ0n) is 10.2. The summed E-state index contributed by atoms with van der Waals surface area (Å²) in [6, 6.07) is 5.08. The molecule has 6 heteroatoms. The van der Waals surface area contributed by atoms with E-state index in [1.807, 2.05) is 0 Å². The van der Waals surface area contributed by atoms with Crippen molar-refractivity contribution in [2.24, 2.45) is 0 Å². The number of aromatic amines is 1. The Morgan fingerprint density at radius 1 is 1.50 bits per heavy atom. The molecule has 94 valence electrons. The molecule has 1 aromatic heterocycles. The standard InChI is InChI=1S/C12H14N4O2/c1-7-9(6-14-16-7)12(17)15-11-5-8(18-2)3-4-10(11)13/h3-6H,13H2,1-2H3,(H,14,16)(H,15,17). The van der Waals surface area contributed by atoms with Crippen molar-refractivity contribution in [3.8, 4) is 5.75 Å². The number of nitrogens with two attached hydrogens (primary N) is 1. The number of nitrogen functional groups attached to an aromatic ring is 1. The summed E-state index contributed by atoms with van der Waals surface area (Å²) < 4.78 is 5.08. The smallest absolute Gasteiger partial charge is 0.259 e. The van der Waals surface area contributed by atoms with E-state index in [2.05, 4.69) is 15.5 Å². The minimum absolute atomic E-state index is 0.263. The Labute approximate surface area is 104 Å². The summed E-state index contributed by atoms with van der Waals surface area (Å²) in [6.07, 6.45) is 1.47. The maximum atomic E-state index is 12.0. The maximum Gasteiger partial charge on any atom is 0.259 e. The third-order valence-corrected chi connectivity index (χ3v) is 2.58. The minimum Gasteiger partial charge on any atom is -0.497 e. The number of benzene rings is 1. The second-order valence-electron chi connectivity index (χ2n) is 3.82. The van der Waals surface area contributed by atoms with E-state index in [4.69, 9.17) is 10.5 Å². The lowest BCUT2D eigenvalue weighted by molar-refractivity contribution is 0.102. The van der Waals surface area contributed by atoms with Crippen molar-refractivity contribution in [3.05, 3.63) is 35.7 Å². The number of amides is 1. The monoisotopic (exact) mass is 246 g/mol. The minimum atomic E-state index is -0.263. The number of carbonyl (C=O) groups excluding carboxylic acids is 1. The van der Waals surface area contributed by atoms with Gasteiger partial charge in [-0.25, -0.2) is 0 Å². The molecular weight excluding hydrogens is 232 g/mol. The van der Waals surface area contributed by atoms with Gasteiger partial charge in [0.25, 0.3) is 5.91 Å². The molecule has 0 spiro atoms. The van der Waals surface area contributed by atoms with Gasteiger partial charge < -0.3 is 15.8 Å². The number of methoxy groups -OCH3 is 1. The van der Waals surface area contributed by atoms with E-state index in [0.717, 1.165) is 0 Å². The Kier molecular flexibility index (Phi) is 3.18. The van der Waals surface area contributed by atoms with Crippen LogP contribution in [-0.4, -0.2) is 23.2 Å². The van der Waals surface area contributed by atoms with Gasteiger partial charge in [0.05, 0.1) is 30.2 Å². The van der Waals surface area contributed by atoms with Gasteiger partial charge in [0.1, 0.15) is 5.75 Å². The number of ether oxygens (including phenoxy) is 1. The van der Waals surface area contributed by atoms with Gasteiger partial charge in [0.15, 0.2) is 0 Å². The van der Waals surface area contributed by atoms with E-state index in [0.29, 0.717) is 28.4 Å². The Morgan fingerprint density at radius 2 is 2.28 bits per heavy atom. The highest BCUT2D eigenvalue weighted by atomic mass is 16.5. The first-order valence-corrected chi connectivity index (χ1v) is 5.36. The lowest BCUT2D eigenvalue weighted by Crippen LogP contribution is -2.13. The molecule has 0 atom stereocenters. The van der Waals surface area contributed by atoms with Crippen molar-refractivity contribution >= 4 is 17.3 Å². The fourth-order valence-corrected chi connectivity index (χ4v) is 1.54. The highest BCUT2D eigenvalue weighted by Gasteiger charge is 2.12. The molecule has 1 aromatic carbocycles. The van der Waals surface area contributed by atoms with Gasteiger partial charge >= 0.3 is 0 Å². The van der Waals surface area contributed by atoms with E-state index < -0.39 is 0 Å². The Hall–Kier alpha value is -2.50. The normalized spacial score (nSPS) is 10.1. The summed E-state index contributed by atoms with van der Waals surface area (Å²) >= 11 is 0. The van der Waals surface area contributed by atoms with Crippen LogP contribution in [0.2, 0.25) is 0 Å². The van der Waals surface area contributed by atoms with Gasteiger partial charge in [-0.15, -0.1) is 0 Å². The molecule has 1 heterocycles. The fourth-order valence-electron chi connectivity index (χ4n) is 1.54. The summed E-state index contributed by atoms with van der Waals surface area (Å²) in [5.41, 5.74) is 7.97. The van der Waals surface area contributed by atoms with E-state index in [1.165, 1.54) is 6.20 Å². The van der Waals surface area contributed by atoms with Crippen LogP contribution in [0.5, 0.6) is 5.75 Å². The van der Waals surface area contributed by atoms with Crippen molar-refractivity contribution in [3.63, 3.8) is 0 Å². The number of nitrogens with one attached hydrogen (secondary N) is 2. The molecule has 0 aliphatic carbocycles. The molecule has 0 radical (unpaired) electrons. The third kappa shape index (κ3) is 2.27. The topological polar surface area (TPSA) is 93.0 Å². The van der Waals surface area contributed by atoms with E-state index in [-0.39, 0.29) is 5.91 Å². The van der Waals surface area contributed by atoms with Gasteiger partial charge in [0.2, 0.25) is 0 Å². The first-order chi connectivity index (χ1) is 8.61. The molecule has 0 bridgehead atoms. The predicted octanol–water partition coefficient (Wildman–Crippen LogP) is 1.56. The van der Waals surface area contributed by atoms with Crippen molar-refractivity contribution in [2.45, 2.75) is 6.92 Å². The number of aromatic nitrogens is 2. The van der Waals surface area contributed by atoms with Crippen molar-refractivity contribution in [1.29, 1.82) is 0 Å². The Morgan fingerprint density at radius 3 is 2.89 bits per heavy atom. The van der Waals surface area contributed by atoms with Crippen LogP contribution in [0.15, 0.2) is 24.4 Å². The number of H-pyrrole nitrogens is 1. The molecule has 18 heavy (non-hydrogen) atoms. The van der Waals surface area contributed by atoms with Crippen LogP contribution >= 0.6 is 0 Å². The van der Waals surface area contributed by atoms with Crippen LogP contribution in [0.3, 0.4) is 0 Å². The number of nitrogens with zero attached hydrogens (tertiary/aromatic N) is 1. The number of hydrogen-bond acceptors (Lipinski definition) is 4. The molecule has 6 nitrogen and oxygen atoms in total. The molecule has 1 amide bonds. The molecule has 0 aliphatic heterocycles. The largest absolute Gasteiger partial charge is 0.497 e.